The Kier molecular flexibility index (Phi) is 1920. The first kappa shape index (κ1) is 89.3. The third-order valence-corrected chi connectivity index (χ3v) is 0. The van der Waals surface area contributed by atoms with Gasteiger partial charge >= 0.3 is 19.5 Å². The van der Waals surface area contributed by atoms with E-state index in [0.717, 1.165) is 0 Å². The number of nitrogens with zero attached hydrogens (tertiary/aromatic N) is 6. The van der Waals surface area contributed by atoms with Gasteiger partial charge in [0.1, 0.15) is 0 Å². The molecule has 0 heterocycles. The Morgan fingerprint density at radius 2 is 0.357 bits per heavy atom. The van der Waals surface area contributed by atoms with Gasteiger partial charge in [0.2, 0.25) is 0 Å². The Balaban J connectivity index is -0.00000000500. The van der Waals surface area contributed by atoms with E-state index in [1.165, 1.54) is 0 Å². The van der Waals surface area contributed by atoms with Crippen LogP contribution in [-0.2, 0) is 36.3 Å². The SMILES string of the molecule is [C-]#N.[C-]#N.[C-]#N.[C-]#N.[C-]#N.[C-]#N.[Co].[Zn+2]. The van der Waals surface area contributed by atoms with Crippen LogP contribution in [0.1, 0.15) is 0 Å². The minimum Gasteiger partial charge on any atom is -0.512 e. The maximum absolute atomic E-state index is 6.25. The zero-order chi connectivity index (χ0) is 12.0. The van der Waals surface area contributed by atoms with Crippen LogP contribution in [0.5, 0.6) is 0 Å². The Morgan fingerprint density at radius 3 is 0.357 bits per heavy atom. The van der Waals surface area contributed by atoms with Crippen molar-refractivity contribution in [3.63, 3.8) is 0 Å². The quantitative estimate of drug-likeness (QED) is 0.468. The van der Waals surface area contributed by atoms with Crippen molar-refractivity contribution in [3.05, 3.63) is 39.4 Å². The zero-order valence-electron chi connectivity index (χ0n) is 6.72. The molecule has 0 N–H and O–H groups in total. The molecule has 14 heavy (non-hydrogen) atoms. The van der Waals surface area contributed by atoms with E-state index in [9.17, 15) is 0 Å². The molecule has 8 heteroatoms. The van der Waals surface area contributed by atoms with E-state index in [2.05, 4.69) is 0 Å². The molecule has 1 radical (unpaired) electrons. The molecule has 0 aliphatic rings. The van der Waals surface area contributed by atoms with Crippen molar-refractivity contribution >= 4 is 0 Å². The molecule has 0 atom stereocenters. The number of rotatable bonds is 0. The van der Waals surface area contributed by atoms with Crippen LogP contribution in [0.2, 0.25) is 0 Å². The molecule has 0 bridgehead atoms. The van der Waals surface area contributed by atoms with E-state index in [0.29, 0.717) is 0 Å². The summed E-state index contributed by atoms with van der Waals surface area (Å²) in [7, 11) is 0. The maximum Gasteiger partial charge on any atom is 2.00 e. The van der Waals surface area contributed by atoms with Crippen LogP contribution in [0.3, 0.4) is 0 Å². The second kappa shape index (κ2) is 301. The first-order valence-electron chi connectivity index (χ1n) is 1.34. The van der Waals surface area contributed by atoms with Crippen LogP contribution in [-0.4, -0.2) is 0 Å². The van der Waals surface area contributed by atoms with Gasteiger partial charge in [0.15, 0.2) is 0 Å². The van der Waals surface area contributed by atoms with Crippen LogP contribution >= 0.6 is 0 Å². The predicted octanol–water partition coefficient (Wildman–Crippen LogP) is 0.573. The van der Waals surface area contributed by atoms with Gasteiger partial charge < -0.3 is 71.0 Å². The monoisotopic (exact) mass is 279 g/mol. The summed E-state index contributed by atoms with van der Waals surface area (Å²) in [6.45, 7) is 28.5. The van der Waals surface area contributed by atoms with Gasteiger partial charge in [-0.1, -0.05) is 0 Å². The number of hydrogen-bond acceptors (Lipinski definition) is 6. The van der Waals surface area contributed by atoms with Crippen LogP contribution < -0.4 is 0 Å². The van der Waals surface area contributed by atoms with E-state index in [1.807, 2.05) is 0 Å². The Morgan fingerprint density at radius 1 is 0.357 bits per heavy atom. The van der Waals surface area contributed by atoms with Crippen molar-refractivity contribution in [1.82, 2.24) is 0 Å². The van der Waals surface area contributed by atoms with E-state index < -0.39 is 0 Å². The summed E-state index contributed by atoms with van der Waals surface area (Å²) in [5.41, 5.74) is 0. The standard InChI is InChI=1S/6CN.Co.Zn/c6*1-2;;/q6*-1;;+2. The molecular formula is C6CoN6Zn-4. The van der Waals surface area contributed by atoms with Gasteiger partial charge in [-0.25, -0.2) is 0 Å². The molecule has 0 unspecified atom stereocenters. The summed E-state index contributed by atoms with van der Waals surface area (Å²) in [5, 5.41) is 37.5. The first-order chi connectivity index (χ1) is 6.00. The Hall–Kier alpha value is -1.93. The summed E-state index contributed by atoms with van der Waals surface area (Å²) in [4.78, 5) is 0. The van der Waals surface area contributed by atoms with Crippen LogP contribution in [0, 0.1) is 71.0 Å². The van der Waals surface area contributed by atoms with Crippen LogP contribution in [0.25, 0.3) is 0 Å². The molecule has 0 saturated carbocycles. The molecule has 0 saturated heterocycles. The second-order valence-corrected chi connectivity index (χ2v) is 0. The van der Waals surface area contributed by atoms with E-state index in [-0.39, 0.29) is 36.3 Å². The normalized spacial score (nSPS) is 0.857. The fourth-order valence-corrected chi connectivity index (χ4v) is 0. The van der Waals surface area contributed by atoms with E-state index in [4.69, 9.17) is 71.0 Å². The molecule has 0 spiro atoms. The minimum atomic E-state index is 0. The van der Waals surface area contributed by atoms with E-state index in [1.54, 1.807) is 0 Å². The predicted molar refractivity (Wildman–Crippen MR) is 29.8 cm³/mol. The fraction of sp³-hybridized carbons (Fsp3) is 0. The van der Waals surface area contributed by atoms with Crippen molar-refractivity contribution in [2.75, 3.05) is 0 Å². The molecule has 0 amide bonds. The van der Waals surface area contributed by atoms with Crippen molar-refractivity contribution in [3.8, 4) is 0 Å². The average Bonchev–Trinajstić information content (AvgIpc) is 2.33. The average molecular weight is 280 g/mol. The van der Waals surface area contributed by atoms with Gasteiger partial charge in [-0.3, -0.25) is 0 Å². The molecule has 0 rings (SSSR count). The van der Waals surface area contributed by atoms with Crippen LogP contribution in [0.15, 0.2) is 0 Å². The Labute approximate surface area is 107 Å². The van der Waals surface area contributed by atoms with E-state index >= 15 is 0 Å². The van der Waals surface area contributed by atoms with Crippen molar-refractivity contribution < 1.29 is 36.3 Å². The molecule has 0 aliphatic carbocycles. The Bertz CT molecular complexity index is 97.3. The molecule has 69 valence electrons. The van der Waals surface area contributed by atoms with Gasteiger partial charge in [-0.05, 0) is 0 Å². The topological polar surface area (TPSA) is 143 Å². The molecule has 0 aromatic heterocycles. The molecular weight excluding hydrogens is 280 g/mol. The smallest absolute Gasteiger partial charge is 0.512 e. The van der Waals surface area contributed by atoms with Gasteiger partial charge in [0.05, 0.1) is 0 Å². The molecule has 6 nitrogen and oxygen atoms in total. The summed E-state index contributed by atoms with van der Waals surface area (Å²) in [6, 6.07) is 0. The minimum absolute atomic E-state index is 0. The second-order valence-electron chi connectivity index (χ2n) is 0. The number of hydrogen-bond donors (Lipinski definition) is 0. The summed E-state index contributed by atoms with van der Waals surface area (Å²) in [5.74, 6) is 0. The van der Waals surface area contributed by atoms with Crippen molar-refractivity contribution in [1.29, 1.82) is 31.6 Å². The first-order valence-corrected chi connectivity index (χ1v) is 1.34. The molecule has 0 aromatic carbocycles. The van der Waals surface area contributed by atoms with Crippen molar-refractivity contribution in [2.45, 2.75) is 0 Å². The summed E-state index contributed by atoms with van der Waals surface area (Å²) < 4.78 is 0. The van der Waals surface area contributed by atoms with Crippen LogP contribution in [0.4, 0.5) is 0 Å². The largest absolute Gasteiger partial charge is 2.00 e. The third kappa shape index (κ3) is 222. The van der Waals surface area contributed by atoms with Gasteiger partial charge in [0, 0.05) is 16.8 Å². The summed E-state index contributed by atoms with van der Waals surface area (Å²) in [6.07, 6.45) is 0. The van der Waals surface area contributed by atoms with Crippen molar-refractivity contribution in [2.24, 2.45) is 0 Å². The maximum atomic E-state index is 6.25. The zero-order valence-corrected chi connectivity index (χ0v) is 10.7. The third-order valence-electron chi connectivity index (χ3n) is 0. The van der Waals surface area contributed by atoms with Gasteiger partial charge in [0.25, 0.3) is 0 Å². The molecule has 0 aliphatic heterocycles. The molecule has 0 aromatic rings. The van der Waals surface area contributed by atoms with Gasteiger partial charge in [-0.15, -0.1) is 0 Å². The summed E-state index contributed by atoms with van der Waals surface area (Å²) >= 11 is 0. The fourth-order valence-electron chi connectivity index (χ4n) is 0. The molecule has 0 fully saturated rings. The van der Waals surface area contributed by atoms with Gasteiger partial charge in [-0.2, -0.15) is 0 Å².